The predicted octanol–water partition coefficient (Wildman–Crippen LogP) is 0.419. The minimum absolute atomic E-state index is 0.0595. The van der Waals surface area contributed by atoms with Gasteiger partial charge in [-0.1, -0.05) is 35.4 Å². The molecule has 3 heterocycles. The van der Waals surface area contributed by atoms with Crippen LogP contribution in [0.4, 0.5) is 5.82 Å². The summed E-state index contributed by atoms with van der Waals surface area (Å²) in [6.45, 7) is 2.89. The van der Waals surface area contributed by atoms with Gasteiger partial charge in [-0.3, -0.25) is 9.59 Å². The molecule has 5 rings (SSSR count). The Morgan fingerprint density at radius 2 is 1.41 bits per heavy atom. The van der Waals surface area contributed by atoms with Crippen LogP contribution in [0.3, 0.4) is 0 Å². The summed E-state index contributed by atoms with van der Waals surface area (Å²) in [5.74, 6) is -1.27. The second-order valence-electron chi connectivity index (χ2n) is 10.7. The summed E-state index contributed by atoms with van der Waals surface area (Å²) in [6, 6.07) is 14.2. The van der Waals surface area contributed by atoms with Crippen LogP contribution in [0.15, 0.2) is 70.6 Å². The molecule has 3 aromatic rings. The van der Waals surface area contributed by atoms with Crippen molar-refractivity contribution in [3.05, 3.63) is 71.9 Å². The standard InChI is InChI=1S/C29H33N5O10S2/c1-18-3-7-20(8-4-18)45(37,38)31-14-11-24(35)41-17-22-26(27-28(42-22)34-16-13-23(30)33-29(34)44-27)43-25(36)12-15-32-46(39,40)21-9-5-19(2)6-10-21/h3-10,13,16,22,26-28,30-32H,11-12,14-15,17H2,1-2H3/p+1/t22-,26-,27-,28-/m1/s1. The van der Waals surface area contributed by atoms with Gasteiger partial charge in [0.1, 0.15) is 18.9 Å². The molecule has 0 spiro atoms. The minimum atomic E-state index is -3.85. The highest BCUT2D eigenvalue weighted by Gasteiger charge is 2.58. The smallest absolute Gasteiger partial charge is 0.463 e. The average Bonchev–Trinajstić information content (AvgIpc) is 3.51. The molecule has 4 N–H and O–H groups in total. The van der Waals surface area contributed by atoms with Crippen LogP contribution in [0.5, 0.6) is 6.01 Å². The summed E-state index contributed by atoms with van der Waals surface area (Å²) < 4.78 is 79.4. The molecule has 0 saturated carbocycles. The number of nitrogen functional groups attached to an aromatic ring is 1. The molecule has 0 amide bonds. The van der Waals surface area contributed by atoms with Gasteiger partial charge in [-0.05, 0) is 38.1 Å². The van der Waals surface area contributed by atoms with Crippen molar-refractivity contribution < 1.29 is 49.9 Å². The highest BCUT2D eigenvalue weighted by atomic mass is 32.2. The molecule has 1 fully saturated rings. The maximum atomic E-state index is 12.9. The molecule has 0 radical (unpaired) electrons. The van der Waals surface area contributed by atoms with E-state index < -0.39 is 56.5 Å². The van der Waals surface area contributed by atoms with E-state index in [1.165, 1.54) is 30.3 Å². The number of nitrogens with zero attached hydrogens (tertiary/aromatic N) is 2. The van der Waals surface area contributed by atoms with Crippen molar-refractivity contribution in [2.75, 3.05) is 25.4 Å². The molecule has 0 unspecified atom stereocenters. The molecule has 1 aromatic heterocycles. The number of hydrogen-bond acceptors (Lipinski definition) is 12. The summed E-state index contributed by atoms with van der Waals surface area (Å²) in [5, 5.41) is 0. The predicted molar refractivity (Wildman–Crippen MR) is 160 cm³/mol. The Labute approximate surface area is 266 Å². The molecule has 2 aliphatic heterocycles. The molecule has 246 valence electrons. The van der Waals surface area contributed by atoms with Crippen LogP contribution in [0.1, 0.15) is 30.2 Å². The molecule has 2 aromatic carbocycles. The van der Waals surface area contributed by atoms with Gasteiger partial charge >= 0.3 is 17.9 Å². The molecule has 17 heteroatoms. The maximum absolute atomic E-state index is 12.9. The number of anilines is 1. The molecular formula is C29H34N5O10S2+. The summed E-state index contributed by atoms with van der Waals surface area (Å²) in [7, 11) is -7.67. The number of aryl methyl sites for hydroxylation is 2. The van der Waals surface area contributed by atoms with Crippen molar-refractivity contribution in [2.45, 2.75) is 61.0 Å². The molecule has 1 saturated heterocycles. The van der Waals surface area contributed by atoms with E-state index in [-0.39, 0.29) is 54.2 Å². The number of carbonyl (C=O) groups is 2. The van der Waals surface area contributed by atoms with Crippen LogP contribution in [0.2, 0.25) is 0 Å². The van der Waals surface area contributed by atoms with Crippen molar-refractivity contribution in [1.82, 2.24) is 14.4 Å². The van der Waals surface area contributed by atoms with Crippen LogP contribution in [-0.4, -0.2) is 71.8 Å². The van der Waals surface area contributed by atoms with Gasteiger partial charge in [0.15, 0.2) is 6.10 Å². The third-order valence-corrected chi connectivity index (χ3v) is 10.2. The van der Waals surface area contributed by atoms with Gasteiger partial charge in [0.2, 0.25) is 38.2 Å². The zero-order chi connectivity index (χ0) is 33.1. The average molecular weight is 677 g/mol. The Hall–Kier alpha value is -4.16. The maximum Gasteiger partial charge on any atom is 0.503 e. The first-order chi connectivity index (χ1) is 21.8. The summed E-state index contributed by atoms with van der Waals surface area (Å²) in [4.78, 5) is 29.6. The number of rotatable bonds is 13. The van der Waals surface area contributed by atoms with Crippen LogP contribution in [-0.2, 0) is 43.8 Å². The monoisotopic (exact) mass is 676 g/mol. The van der Waals surface area contributed by atoms with Crippen LogP contribution in [0.25, 0.3) is 0 Å². The van der Waals surface area contributed by atoms with Crippen molar-refractivity contribution >= 4 is 37.8 Å². The van der Waals surface area contributed by atoms with E-state index in [0.717, 1.165) is 11.1 Å². The van der Waals surface area contributed by atoms with Gasteiger partial charge in [-0.25, -0.2) is 26.3 Å². The van der Waals surface area contributed by atoms with Crippen molar-refractivity contribution in [3.8, 4) is 6.01 Å². The first-order valence-corrected chi connectivity index (χ1v) is 17.3. The third-order valence-electron chi connectivity index (χ3n) is 7.23. The van der Waals surface area contributed by atoms with Crippen LogP contribution >= 0.6 is 0 Å². The molecule has 4 atom stereocenters. The Morgan fingerprint density at radius 3 is 1.98 bits per heavy atom. The Morgan fingerprint density at radius 1 is 0.870 bits per heavy atom. The highest BCUT2D eigenvalue weighted by Crippen LogP contribution is 2.36. The number of aromatic nitrogens is 2. The fourth-order valence-corrected chi connectivity index (χ4v) is 6.86. The highest BCUT2D eigenvalue weighted by molar-refractivity contribution is 7.89. The van der Waals surface area contributed by atoms with Crippen LogP contribution in [0, 0.1) is 13.8 Å². The second kappa shape index (κ2) is 13.7. The normalized spacial score (nSPS) is 20.4. The van der Waals surface area contributed by atoms with E-state index in [2.05, 4.69) is 14.4 Å². The fraction of sp³-hybridized carbons (Fsp3) is 0.379. The zero-order valence-corrected chi connectivity index (χ0v) is 26.6. The number of benzene rings is 2. The zero-order valence-electron chi connectivity index (χ0n) is 25.0. The first-order valence-electron chi connectivity index (χ1n) is 14.3. The molecule has 46 heavy (non-hydrogen) atoms. The number of carbonyl (C=O) groups excluding carboxylic acids is 2. The quantitative estimate of drug-likeness (QED) is 0.166. The van der Waals surface area contributed by atoms with E-state index in [1.807, 2.05) is 13.8 Å². The molecule has 2 aliphatic rings. The van der Waals surface area contributed by atoms with Gasteiger partial charge < -0.3 is 24.7 Å². The lowest BCUT2D eigenvalue weighted by Gasteiger charge is -2.21. The SMILES string of the molecule is Cc1ccc(S(=O)(=O)NCCC(=O)OC[C@H]2O[C@@H]3[C@H](Oc4nc(N)cc[n+]43)[C@@H]2OC(=O)CCNS(=O)(=O)c2ccc(C)cc2)cc1. The number of esters is 2. The second-order valence-corrected chi connectivity index (χ2v) is 14.3. The van der Waals surface area contributed by atoms with Crippen molar-refractivity contribution in [2.24, 2.45) is 0 Å². The van der Waals surface area contributed by atoms with E-state index >= 15 is 0 Å². The third kappa shape index (κ3) is 7.79. The molecule has 0 bridgehead atoms. The van der Waals surface area contributed by atoms with Gasteiger partial charge in [0, 0.05) is 24.1 Å². The largest absolute Gasteiger partial charge is 0.503 e. The number of ether oxygens (including phenoxy) is 4. The van der Waals surface area contributed by atoms with Gasteiger partial charge in [0.05, 0.1) is 22.6 Å². The number of fused-ring (bicyclic) bond motifs is 3. The van der Waals surface area contributed by atoms with E-state index in [9.17, 15) is 26.4 Å². The molecular weight excluding hydrogens is 642 g/mol. The molecule has 15 nitrogen and oxygen atoms in total. The fourth-order valence-electron chi connectivity index (χ4n) is 4.80. The Bertz CT molecular complexity index is 1800. The van der Waals surface area contributed by atoms with Crippen LogP contribution < -0.4 is 24.5 Å². The number of nitrogens with two attached hydrogens (primary N) is 1. The first kappa shape index (κ1) is 33.2. The van der Waals surface area contributed by atoms with Gasteiger partial charge in [-0.2, -0.15) is 4.57 Å². The van der Waals surface area contributed by atoms with Crippen molar-refractivity contribution in [3.63, 3.8) is 0 Å². The minimum Gasteiger partial charge on any atom is -0.463 e. The summed E-state index contributed by atoms with van der Waals surface area (Å²) >= 11 is 0. The van der Waals surface area contributed by atoms with Gasteiger partial charge in [0.25, 0.3) is 0 Å². The molecule has 0 aliphatic carbocycles. The topological polar surface area (TPSA) is 206 Å². The lowest BCUT2D eigenvalue weighted by atomic mass is 10.1. The van der Waals surface area contributed by atoms with E-state index in [0.29, 0.717) is 0 Å². The summed E-state index contributed by atoms with van der Waals surface area (Å²) in [5.41, 5.74) is 7.56. The summed E-state index contributed by atoms with van der Waals surface area (Å²) in [6.07, 6.45) is -2.67. The Kier molecular flexibility index (Phi) is 9.88. The van der Waals surface area contributed by atoms with E-state index in [4.69, 9.17) is 24.7 Å². The lowest BCUT2D eigenvalue weighted by Crippen LogP contribution is -2.41. The lowest BCUT2D eigenvalue weighted by molar-refractivity contribution is -0.746. The Balaban J connectivity index is 1.17. The number of sulfonamides is 2. The number of hydrogen-bond donors (Lipinski definition) is 3. The number of nitrogens with one attached hydrogen (secondary N) is 2. The van der Waals surface area contributed by atoms with E-state index in [1.54, 1.807) is 35.0 Å². The van der Waals surface area contributed by atoms with Gasteiger partial charge in [-0.15, -0.1) is 0 Å². The van der Waals surface area contributed by atoms with Crippen molar-refractivity contribution in [1.29, 1.82) is 0 Å².